The van der Waals surface area contributed by atoms with E-state index in [0.717, 1.165) is 4.57 Å². The molecule has 9 heteroatoms. The predicted octanol–water partition coefficient (Wildman–Crippen LogP) is 3.32. The van der Waals surface area contributed by atoms with Gasteiger partial charge in [-0.1, -0.05) is 41.4 Å². The van der Waals surface area contributed by atoms with Crippen molar-refractivity contribution in [2.45, 2.75) is 19.5 Å². The summed E-state index contributed by atoms with van der Waals surface area (Å²) in [6, 6.07) is 11.2. The molecule has 0 aliphatic carbocycles. The van der Waals surface area contributed by atoms with Crippen LogP contribution in [0.5, 0.6) is 0 Å². The second-order valence-electron chi connectivity index (χ2n) is 6.04. The molecule has 0 radical (unpaired) electrons. The number of hydrogen-bond acceptors (Lipinski definition) is 5. The van der Waals surface area contributed by atoms with Crippen molar-refractivity contribution >= 4 is 46.2 Å². The number of nitrogens with zero attached hydrogens (tertiary/aromatic N) is 1. The molecule has 28 heavy (non-hydrogen) atoms. The van der Waals surface area contributed by atoms with Crippen LogP contribution in [0.4, 0.5) is 0 Å². The molecule has 1 aromatic heterocycles. The fourth-order valence-electron chi connectivity index (χ4n) is 2.70. The average Bonchev–Trinajstić information content (AvgIpc) is 2.95. The number of ether oxygens (including phenoxy) is 1. The van der Waals surface area contributed by atoms with Crippen LogP contribution < -0.4 is 11.1 Å². The predicted molar refractivity (Wildman–Crippen MR) is 104 cm³/mol. The number of nitrogens with one attached hydrogen (secondary N) is 1. The number of aromatic nitrogens is 1. The van der Waals surface area contributed by atoms with Gasteiger partial charge in [0.15, 0.2) is 12.2 Å². The van der Waals surface area contributed by atoms with E-state index in [1.54, 1.807) is 49.4 Å². The smallest absolute Gasteiger partial charge is 0.420 e. The minimum atomic E-state index is -0.735. The van der Waals surface area contributed by atoms with Crippen molar-refractivity contribution < 1.29 is 18.7 Å². The van der Waals surface area contributed by atoms with Gasteiger partial charge in [0.05, 0.1) is 11.6 Å². The van der Waals surface area contributed by atoms with Gasteiger partial charge in [0, 0.05) is 10.0 Å². The third kappa shape index (κ3) is 4.55. The fourth-order valence-corrected chi connectivity index (χ4v) is 3.27. The first-order valence-corrected chi connectivity index (χ1v) is 9.09. The number of fused-ring (bicyclic) bond motifs is 1. The van der Waals surface area contributed by atoms with Crippen molar-refractivity contribution in [1.82, 2.24) is 9.88 Å². The van der Waals surface area contributed by atoms with Crippen LogP contribution in [-0.4, -0.2) is 23.1 Å². The van der Waals surface area contributed by atoms with E-state index in [2.05, 4.69) is 5.32 Å². The lowest BCUT2D eigenvalue weighted by Crippen LogP contribution is -2.32. The van der Waals surface area contributed by atoms with Crippen LogP contribution >= 0.6 is 23.2 Å². The Bertz CT molecular complexity index is 1090. The van der Waals surface area contributed by atoms with Gasteiger partial charge in [0.25, 0.3) is 5.91 Å². The van der Waals surface area contributed by atoms with Gasteiger partial charge < -0.3 is 14.5 Å². The molecule has 1 atom stereocenters. The van der Waals surface area contributed by atoms with Gasteiger partial charge in [-0.3, -0.25) is 14.2 Å². The number of oxazole rings is 1. The highest BCUT2D eigenvalue weighted by Crippen LogP contribution is 2.26. The number of carbonyl (C=O) groups is 2. The molecule has 146 valence electrons. The summed E-state index contributed by atoms with van der Waals surface area (Å²) < 4.78 is 11.2. The summed E-state index contributed by atoms with van der Waals surface area (Å²) in [6.07, 6.45) is 0. The van der Waals surface area contributed by atoms with Crippen LogP contribution in [0.2, 0.25) is 10.0 Å². The maximum atomic E-state index is 12.0. The molecule has 1 amide bonds. The summed E-state index contributed by atoms with van der Waals surface area (Å²) in [5.74, 6) is -1.91. The quantitative estimate of drug-likeness (QED) is 0.615. The Morgan fingerprint density at radius 3 is 2.71 bits per heavy atom. The highest BCUT2D eigenvalue weighted by Gasteiger charge is 2.16. The molecule has 0 fully saturated rings. The lowest BCUT2D eigenvalue weighted by molar-refractivity contribution is -0.149. The van der Waals surface area contributed by atoms with E-state index in [0.29, 0.717) is 26.7 Å². The molecule has 3 rings (SSSR count). The molecule has 0 saturated carbocycles. The minimum absolute atomic E-state index is 0.359. The fraction of sp³-hybridized carbons (Fsp3) is 0.211. The van der Waals surface area contributed by atoms with Gasteiger partial charge in [-0.2, -0.15) is 0 Å². The van der Waals surface area contributed by atoms with Crippen molar-refractivity contribution in [3.8, 4) is 0 Å². The van der Waals surface area contributed by atoms with Crippen molar-refractivity contribution in [2.75, 3.05) is 6.61 Å². The number of halogens is 2. The first-order chi connectivity index (χ1) is 13.3. The van der Waals surface area contributed by atoms with Crippen LogP contribution in [0.3, 0.4) is 0 Å². The number of carbonyl (C=O) groups excluding carboxylic acids is 2. The number of esters is 1. The van der Waals surface area contributed by atoms with Crippen molar-refractivity contribution in [2.24, 2.45) is 0 Å². The third-order valence-electron chi connectivity index (χ3n) is 4.03. The topological polar surface area (TPSA) is 90.5 Å². The average molecular weight is 423 g/mol. The summed E-state index contributed by atoms with van der Waals surface area (Å²) in [5, 5.41) is 3.59. The Kier molecular flexibility index (Phi) is 6.06. The summed E-state index contributed by atoms with van der Waals surface area (Å²) in [5.41, 5.74) is 1.52. The van der Waals surface area contributed by atoms with Gasteiger partial charge in [0.1, 0.15) is 6.54 Å². The molecule has 0 saturated heterocycles. The largest absolute Gasteiger partial charge is 0.454 e. The summed E-state index contributed by atoms with van der Waals surface area (Å²) in [6.45, 7) is 0.895. The second-order valence-corrected chi connectivity index (χ2v) is 6.88. The standard InChI is InChI=1S/C19H16Cl2N2O5/c1-11(13-7-6-12(20)8-14(13)21)22-17(24)10-27-18(25)9-23-15-4-2-3-5-16(15)28-19(23)26/h2-8,11H,9-10H2,1H3,(H,22,24). The van der Waals surface area contributed by atoms with Crippen LogP contribution in [-0.2, 0) is 20.9 Å². The van der Waals surface area contributed by atoms with E-state index in [1.807, 2.05) is 0 Å². The highest BCUT2D eigenvalue weighted by molar-refractivity contribution is 6.35. The lowest BCUT2D eigenvalue weighted by atomic mass is 10.1. The Hall–Kier alpha value is -2.77. The SMILES string of the molecule is CC(NC(=O)COC(=O)Cn1c(=O)oc2ccccc21)c1ccc(Cl)cc1Cl. The van der Waals surface area contributed by atoms with E-state index in [4.69, 9.17) is 32.4 Å². The molecule has 1 unspecified atom stereocenters. The zero-order valence-electron chi connectivity index (χ0n) is 14.8. The van der Waals surface area contributed by atoms with Crippen LogP contribution in [0.15, 0.2) is 51.7 Å². The van der Waals surface area contributed by atoms with E-state index in [-0.39, 0.29) is 6.54 Å². The van der Waals surface area contributed by atoms with Gasteiger partial charge in [-0.05, 0) is 36.8 Å². The maximum Gasteiger partial charge on any atom is 0.420 e. The van der Waals surface area contributed by atoms with E-state index in [9.17, 15) is 14.4 Å². The number of para-hydroxylation sites is 2. The number of amides is 1. The molecule has 0 bridgehead atoms. The molecular weight excluding hydrogens is 407 g/mol. The molecule has 0 aliphatic heterocycles. The maximum absolute atomic E-state index is 12.0. The lowest BCUT2D eigenvalue weighted by Gasteiger charge is -2.16. The van der Waals surface area contributed by atoms with Gasteiger partial charge in [0.2, 0.25) is 0 Å². The molecular formula is C19H16Cl2N2O5. The monoisotopic (exact) mass is 422 g/mol. The van der Waals surface area contributed by atoms with Crippen molar-refractivity contribution in [3.05, 3.63) is 68.6 Å². The molecule has 1 N–H and O–H groups in total. The van der Waals surface area contributed by atoms with E-state index >= 15 is 0 Å². The van der Waals surface area contributed by atoms with Gasteiger partial charge in [-0.15, -0.1) is 0 Å². The molecule has 2 aromatic carbocycles. The zero-order valence-corrected chi connectivity index (χ0v) is 16.3. The Morgan fingerprint density at radius 1 is 1.21 bits per heavy atom. The molecule has 0 spiro atoms. The molecule has 1 heterocycles. The van der Waals surface area contributed by atoms with E-state index in [1.165, 1.54) is 0 Å². The van der Waals surface area contributed by atoms with Crippen LogP contribution in [0, 0.1) is 0 Å². The Labute approximate surface area is 169 Å². The first kappa shape index (κ1) is 20.0. The second kappa shape index (κ2) is 8.50. The van der Waals surface area contributed by atoms with Crippen molar-refractivity contribution in [1.29, 1.82) is 0 Å². The zero-order chi connectivity index (χ0) is 20.3. The Balaban J connectivity index is 1.56. The van der Waals surface area contributed by atoms with E-state index < -0.39 is 30.3 Å². The normalized spacial score (nSPS) is 12.0. The molecule has 0 aliphatic rings. The minimum Gasteiger partial charge on any atom is -0.454 e. The molecule has 3 aromatic rings. The number of benzene rings is 2. The number of rotatable bonds is 6. The highest BCUT2D eigenvalue weighted by atomic mass is 35.5. The van der Waals surface area contributed by atoms with Crippen LogP contribution in [0.25, 0.3) is 11.1 Å². The van der Waals surface area contributed by atoms with Gasteiger partial charge in [-0.25, -0.2) is 4.79 Å². The summed E-state index contributed by atoms with van der Waals surface area (Å²) in [4.78, 5) is 35.9. The summed E-state index contributed by atoms with van der Waals surface area (Å²) >= 11 is 12.0. The Morgan fingerprint density at radius 2 is 1.96 bits per heavy atom. The summed E-state index contributed by atoms with van der Waals surface area (Å²) in [7, 11) is 0. The van der Waals surface area contributed by atoms with Gasteiger partial charge >= 0.3 is 11.7 Å². The first-order valence-electron chi connectivity index (χ1n) is 8.33. The third-order valence-corrected chi connectivity index (χ3v) is 4.59. The number of hydrogen-bond donors (Lipinski definition) is 1. The molecule has 7 nitrogen and oxygen atoms in total. The van der Waals surface area contributed by atoms with Crippen LogP contribution in [0.1, 0.15) is 18.5 Å². The van der Waals surface area contributed by atoms with Crippen molar-refractivity contribution in [3.63, 3.8) is 0 Å².